The third kappa shape index (κ3) is 1.33. The third-order valence-corrected chi connectivity index (χ3v) is 3.28. The summed E-state index contributed by atoms with van der Waals surface area (Å²) in [5.41, 5.74) is 1.17. The zero-order chi connectivity index (χ0) is 13.7. The fourth-order valence-corrected chi connectivity index (χ4v) is 2.35. The predicted molar refractivity (Wildman–Crippen MR) is 69.5 cm³/mol. The Morgan fingerprint density at radius 3 is 2.40 bits per heavy atom. The molecule has 2 N–H and O–H groups in total. The van der Waals surface area contributed by atoms with Crippen LogP contribution in [0.2, 0.25) is 0 Å². The third-order valence-electron chi connectivity index (χ3n) is 3.28. The summed E-state index contributed by atoms with van der Waals surface area (Å²) in [4.78, 5) is 38.8. The van der Waals surface area contributed by atoms with Crippen LogP contribution in [0.4, 0.5) is 0 Å². The Labute approximate surface area is 112 Å². The average Bonchev–Trinajstić information content (AvgIpc) is 3.13. The fourth-order valence-electron chi connectivity index (χ4n) is 2.35. The molecule has 20 heavy (non-hydrogen) atoms. The molecule has 1 aliphatic carbocycles. The van der Waals surface area contributed by atoms with Crippen molar-refractivity contribution in [2.45, 2.75) is 0 Å². The SMILES string of the molecule is O=C1c2ccccc2C(=O)c2[nH]c(-c3ncc[nH]3)nc21. The molecule has 0 spiro atoms. The highest BCUT2D eigenvalue weighted by Crippen LogP contribution is 2.27. The molecule has 0 aliphatic heterocycles. The number of ketones is 2. The van der Waals surface area contributed by atoms with Crippen LogP contribution in [0.3, 0.4) is 0 Å². The summed E-state index contributed by atoms with van der Waals surface area (Å²) in [7, 11) is 0. The number of aromatic nitrogens is 4. The van der Waals surface area contributed by atoms with Gasteiger partial charge in [-0.3, -0.25) is 9.59 Å². The monoisotopic (exact) mass is 264 g/mol. The Morgan fingerprint density at radius 2 is 1.70 bits per heavy atom. The van der Waals surface area contributed by atoms with Crippen LogP contribution in [0.15, 0.2) is 36.7 Å². The fraction of sp³-hybridized carbons (Fsp3) is 0. The van der Waals surface area contributed by atoms with Crippen LogP contribution in [0, 0.1) is 0 Å². The summed E-state index contributed by atoms with van der Waals surface area (Å²) in [6, 6.07) is 6.75. The Balaban J connectivity index is 1.94. The largest absolute Gasteiger partial charge is 0.342 e. The second-order valence-corrected chi connectivity index (χ2v) is 4.45. The highest BCUT2D eigenvalue weighted by Gasteiger charge is 2.33. The van der Waals surface area contributed by atoms with Gasteiger partial charge in [-0.05, 0) is 0 Å². The lowest BCUT2D eigenvalue weighted by Crippen LogP contribution is -2.20. The first kappa shape index (κ1) is 10.9. The summed E-state index contributed by atoms with van der Waals surface area (Å²) in [5.74, 6) is 0.406. The summed E-state index contributed by atoms with van der Waals surface area (Å²) in [5, 5.41) is 0. The Hall–Kier alpha value is -3.02. The molecule has 0 radical (unpaired) electrons. The molecule has 1 aromatic carbocycles. The number of rotatable bonds is 1. The molecule has 3 aromatic rings. The lowest BCUT2D eigenvalue weighted by molar-refractivity contribution is 0.0974. The number of benzene rings is 1. The molecule has 6 nitrogen and oxygen atoms in total. The van der Waals surface area contributed by atoms with Gasteiger partial charge >= 0.3 is 0 Å². The smallest absolute Gasteiger partial charge is 0.214 e. The standard InChI is InChI=1S/C14H8N4O2/c19-11-7-3-1-2-4-8(7)12(20)10-9(11)17-14(18-10)13-15-5-6-16-13/h1-6H,(H,15,16)(H,17,18). The van der Waals surface area contributed by atoms with Crippen molar-refractivity contribution in [2.24, 2.45) is 0 Å². The number of H-pyrrole nitrogens is 2. The van der Waals surface area contributed by atoms with Gasteiger partial charge in [0.1, 0.15) is 11.4 Å². The van der Waals surface area contributed by atoms with E-state index >= 15 is 0 Å². The maximum absolute atomic E-state index is 12.4. The van der Waals surface area contributed by atoms with Gasteiger partial charge in [-0.25, -0.2) is 9.97 Å². The number of imidazole rings is 2. The Morgan fingerprint density at radius 1 is 0.950 bits per heavy atom. The van der Waals surface area contributed by atoms with Crippen LogP contribution in [-0.4, -0.2) is 31.5 Å². The van der Waals surface area contributed by atoms with E-state index in [0.29, 0.717) is 22.8 Å². The van der Waals surface area contributed by atoms with Gasteiger partial charge in [0.25, 0.3) is 0 Å². The van der Waals surface area contributed by atoms with Gasteiger partial charge in [0, 0.05) is 23.5 Å². The van der Waals surface area contributed by atoms with E-state index in [1.54, 1.807) is 36.7 Å². The van der Waals surface area contributed by atoms with E-state index in [0.717, 1.165) is 0 Å². The number of nitrogens with zero attached hydrogens (tertiary/aromatic N) is 2. The minimum Gasteiger partial charge on any atom is -0.342 e. The van der Waals surface area contributed by atoms with Crippen molar-refractivity contribution >= 4 is 11.6 Å². The van der Waals surface area contributed by atoms with E-state index in [9.17, 15) is 9.59 Å². The van der Waals surface area contributed by atoms with Gasteiger partial charge in [-0.15, -0.1) is 0 Å². The van der Waals surface area contributed by atoms with Crippen LogP contribution in [0.1, 0.15) is 32.1 Å². The highest BCUT2D eigenvalue weighted by molar-refractivity contribution is 6.27. The molecule has 1 aliphatic rings. The summed E-state index contributed by atoms with van der Waals surface area (Å²) in [6.07, 6.45) is 3.23. The van der Waals surface area contributed by atoms with Crippen molar-refractivity contribution < 1.29 is 9.59 Å². The van der Waals surface area contributed by atoms with E-state index in [-0.39, 0.29) is 23.0 Å². The molecule has 0 fully saturated rings. The molecular weight excluding hydrogens is 256 g/mol. The van der Waals surface area contributed by atoms with Gasteiger partial charge in [-0.1, -0.05) is 24.3 Å². The van der Waals surface area contributed by atoms with E-state index < -0.39 is 0 Å². The summed E-state index contributed by atoms with van der Waals surface area (Å²) in [6.45, 7) is 0. The number of fused-ring (bicyclic) bond motifs is 2. The van der Waals surface area contributed by atoms with Crippen LogP contribution < -0.4 is 0 Å². The van der Waals surface area contributed by atoms with Crippen LogP contribution >= 0.6 is 0 Å². The van der Waals surface area contributed by atoms with Crippen LogP contribution in [0.5, 0.6) is 0 Å². The molecule has 4 rings (SSSR count). The first-order valence-electron chi connectivity index (χ1n) is 6.04. The maximum atomic E-state index is 12.4. The minimum absolute atomic E-state index is 0.153. The van der Waals surface area contributed by atoms with E-state index in [1.807, 2.05) is 0 Å². The number of carbonyl (C=O) groups is 2. The number of hydrogen-bond donors (Lipinski definition) is 2. The van der Waals surface area contributed by atoms with Gasteiger partial charge in [-0.2, -0.15) is 0 Å². The normalized spacial score (nSPS) is 13.2. The van der Waals surface area contributed by atoms with Crippen LogP contribution in [-0.2, 0) is 0 Å². The van der Waals surface area contributed by atoms with Gasteiger partial charge in [0.2, 0.25) is 11.6 Å². The molecule has 0 unspecified atom stereocenters. The Kier molecular flexibility index (Phi) is 2.03. The van der Waals surface area contributed by atoms with Gasteiger partial charge in [0.05, 0.1) is 0 Å². The van der Waals surface area contributed by atoms with Crippen LogP contribution in [0.25, 0.3) is 11.6 Å². The molecule has 0 saturated heterocycles. The van der Waals surface area contributed by atoms with Gasteiger partial charge < -0.3 is 9.97 Å². The lowest BCUT2D eigenvalue weighted by Gasteiger charge is -2.11. The lowest BCUT2D eigenvalue weighted by atomic mass is 9.90. The first-order chi connectivity index (χ1) is 9.75. The molecule has 96 valence electrons. The van der Waals surface area contributed by atoms with Crippen molar-refractivity contribution in [2.75, 3.05) is 0 Å². The number of aromatic amines is 2. The molecule has 0 amide bonds. The minimum atomic E-state index is -0.246. The van der Waals surface area contributed by atoms with Crippen molar-refractivity contribution in [1.29, 1.82) is 0 Å². The van der Waals surface area contributed by atoms with Crippen molar-refractivity contribution in [3.05, 3.63) is 59.2 Å². The Bertz CT molecular complexity index is 793. The maximum Gasteiger partial charge on any atom is 0.214 e. The first-order valence-corrected chi connectivity index (χ1v) is 6.04. The average molecular weight is 264 g/mol. The summed E-state index contributed by atoms with van der Waals surface area (Å²) < 4.78 is 0. The second-order valence-electron chi connectivity index (χ2n) is 4.45. The summed E-state index contributed by atoms with van der Waals surface area (Å²) >= 11 is 0. The highest BCUT2D eigenvalue weighted by atomic mass is 16.1. The number of carbonyl (C=O) groups excluding carboxylic acids is 2. The molecule has 0 atom stereocenters. The topological polar surface area (TPSA) is 91.5 Å². The molecule has 6 heteroatoms. The van der Waals surface area contributed by atoms with E-state index in [4.69, 9.17) is 0 Å². The zero-order valence-corrected chi connectivity index (χ0v) is 10.2. The van der Waals surface area contributed by atoms with Crippen molar-refractivity contribution in [3.63, 3.8) is 0 Å². The van der Waals surface area contributed by atoms with Crippen molar-refractivity contribution in [1.82, 2.24) is 19.9 Å². The molecular formula is C14H8N4O2. The quantitative estimate of drug-likeness (QED) is 0.546. The molecule has 2 aromatic heterocycles. The zero-order valence-electron chi connectivity index (χ0n) is 10.2. The molecule has 0 saturated carbocycles. The van der Waals surface area contributed by atoms with Gasteiger partial charge in [0.15, 0.2) is 11.6 Å². The number of nitrogens with one attached hydrogen (secondary N) is 2. The predicted octanol–water partition coefficient (Wildman–Crippen LogP) is 1.58. The van der Waals surface area contributed by atoms with E-state index in [2.05, 4.69) is 19.9 Å². The van der Waals surface area contributed by atoms with Crippen molar-refractivity contribution in [3.8, 4) is 11.6 Å². The number of hydrogen-bond acceptors (Lipinski definition) is 4. The molecule has 2 heterocycles. The van der Waals surface area contributed by atoms with E-state index in [1.165, 1.54) is 0 Å². The second kappa shape index (κ2) is 3.74. The molecule has 0 bridgehead atoms.